The van der Waals surface area contributed by atoms with Gasteiger partial charge < -0.3 is 19.5 Å². The SMILES string of the molecule is COc1ncc(NC(=O)c2cccc(OC)c2OC)cn1. The number of carbonyl (C=O) groups excluding carboxylic acids is 1. The highest BCUT2D eigenvalue weighted by molar-refractivity contribution is 6.06. The number of aromatic nitrogens is 2. The van der Waals surface area contributed by atoms with Gasteiger partial charge in [-0.25, -0.2) is 9.97 Å². The van der Waals surface area contributed by atoms with Crippen LogP contribution in [0.15, 0.2) is 30.6 Å². The minimum atomic E-state index is -0.348. The van der Waals surface area contributed by atoms with E-state index >= 15 is 0 Å². The highest BCUT2D eigenvalue weighted by atomic mass is 16.5. The molecular formula is C14H15N3O4. The maximum Gasteiger partial charge on any atom is 0.316 e. The summed E-state index contributed by atoms with van der Waals surface area (Å²) in [6, 6.07) is 5.29. The lowest BCUT2D eigenvalue weighted by Gasteiger charge is -2.12. The zero-order valence-electron chi connectivity index (χ0n) is 11.9. The third-order valence-electron chi connectivity index (χ3n) is 2.72. The molecule has 0 fully saturated rings. The van der Waals surface area contributed by atoms with Gasteiger partial charge in [0, 0.05) is 0 Å². The van der Waals surface area contributed by atoms with E-state index in [4.69, 9.17) is 14.2 Å². The van der Waals surface area contributed by atoms with Crippen LogP contribution in [0.4, 0.5) is 5.69 Å². The van der Waals surface area contributed by atoms with Gasteiger partial charge in [0.25, 0.3) is 5.91 Å². The van der Waals surface area contributed by atoms with E-state index in [0.717, 1.165) is 0 Å². The van der Waals surface area contributed by atoms with E-state index in [-0.39, 0.29) is 11.9 Å². The average molecular weight is 289 g/mol. The molecule has 21 heavy (non-hydrogen) atoms. The molecule has 0 atom stereocenters. The summed E-state index contributed by atoms with van der Waals surface area (Å²) in [7, 11) is 4.46. The van der Waals surface area contributed by atoms with Crippen LogP contribution >= 0.6 is 0 Å². The Balaban J connectivity index is 2.23. The summed E-state index contributed by atoms with van der Waals surface area (Å²) in [5.74, 6) is 0.502. The molecule has 0 spiro atoms. The number of hydrogen-bond donors (Lipinski definition) is 1. The van der Waals surface area contributed by atoms with E-state index in [1.54, 1.807) is 18.2 Å². The number of hydrogen-bond acceptors (Lipinski definition) is 6. The van der Waals surface area contributed by atoms with Crippen molar-refractivity contribution in [2.24, 2.45) is 0 Å². The Labute approximate surface area is 121 Å². The number of nitrogens with one attached hydrogen (secondary N) is 1. The number of benzene rings is 1. The van der Waals surface area contributed by atoms with E-state index in [9.17, 15) is 4.79 Å². The quantitative estimate of drug-likeness (QED) is 0.903. The van der Waals surface area contributed by atoms with Gasteiger partial charge in [-0.15, -0.1) is 0 Å². The van der Waals surface area contributed by atoms with Gasteiger partial charge in [0.1, 0.15) is 0 Å². The monoisotopic (exact) mass is 289 g/mol. The number of carbonyl (C=O) groups is 1. The molecule has 7 nitrogen and oxygen atoms in total. The van der Waals surface area contributed by atoms with E-state index in [1.807, 2.05) is 0 Å². The van der Waals surface area contributed by atoms with Crippen molar-refractivity contribution in [3.8, 4) is 17.5 Å². The topological polar surface area (TPSA) is 82.6 Å². The minimum Gasteiger partial charge on any atom is -0.493 e. The second-order valence-electron chi connectivity index (χ2n) is 3.95. The fourth-order valence-electron chi connectivity index (χ4n) is 1.75. The maximum atomic E-state index is 12.3. The van der Waals surface area contributed by atoms with Crippen LogP contribution in [0.5, 0.6) is 17.5 Å². The molecule has 2 rings (SSSR count). The van der Waals surface area contributed by atoms with Crippen LogP contribution < -0.4 is 19.5 Å². The lowest BCUT2D eigenvalue weighted by Crippen LogP contribution is -2.14. The molecule has 0 saturated heterocycles. The van der Waals surface area contributed by atoms with Gasteiger partial charge >= 0.3 is 6.01 Å². The number of anilines is 1. The molecular weight excluding hydrogens is 274 g/mol. The summed E-state index contributed by atoms with van der Waals surface area (Å²) in [6.07, 6.45) is 2.91. The van der Waals surface area contributed by atoms with Crippen LogP contribution in [0.2, 0.25) is 0 Å². The Kier molecular flexibility index (Phi) is 4.55. The van der Waals surface area contributed by atoms with Crippen molar-refractivity contribution in [1.29, 1.82) is 0 Å². The molecule has 1 aromatic heterocycles. The van der Waals surface area contributed by atoms with Crippen LogP contribution in [0, 0.1) is 0 Å². The van der Waals surface area contributed by atoms with Crippen molar-refractivity contribution in [3.05, 3.63) is 36.2 Å². The molecule has 0 aliphatic carbocycles. The molecule has 1 amide bonds. The number of rotatable bonds is 5. The summed E-state index contributed by atoms with van der Waals surface area (Å²) in [5, 5.41) is 2.68. The first-order chi connectivity index (χ1) is 10.2. The van der Waals surface area contributed by atoms with Gasteiger partial charge in [0.15, 0.2) is 11.5 Å². The predicted octanol–water partition coefficient (Wildman–Crippen LogP) is 1.75. The molecule has 0 saturated carbocycles. The molecule has 1 N–H and O–H groups in total. The van der Waals surface area contributed by atoms with Crippen molar-refractivity contribution in [2.75, 3.05) is 26.6 Å². The third kappa shape index (κ3) is 3.19. The van der Waals surface area contributed by atoms with Crippen molar-refractivity contribution >= 4 is 11.6 Å². The summed E-state index contributed by atoms with van der Waals surface area (Å²) < 4.78 is 15.2. The smallest absolute Gasteiger partial charge is 0.316 e. The van der Waals surface area contributed by atoms with E-state index < -0.39 is 0 Å². The molecule has 0 unspecified atom stereocenters. The van der Waals surface area contributed by atoms with Gasteiger partial charge in [-0.3, -0.25) is 4.79 Å². The second-order valence-corrected chi connectivity index (χ2v) is 3.95. The van der Waals surface area contributed by atoms with E-state index in [1.165, 1.54) is 33.7 Å². The Hall–Kier alpha value is -2.83. The lowest BCUT2D eigenvalue weighted by atomic mass is 10.1. The fraction of sp³-hybridized carbons (Fsp3) is 0.214. The van der Waals surface area contributed by atoms with Crippen molar-refractivity contribution in [1.82, 2.24) is 9.97 Å². The van der Waals surface area contributed by atoms with Gasteiger partial charge in [0.2, 0.25) is 0 Å². The number of methoxy groups -OCH3 is 3. The van der Waals surface area contributed by atoms with E-state index in [0.29, 0.717) is 22.7 Å². The Morgan fingerprint density at radius 2 is 1.76 bits per heavy atom. The summed E-state index contributed by atoms with van der Waals surface area (Å²) in [4.78, 5) is 20.1. The highest BCUT2D eigenvalue weighted by Crippen LogP contribution is 2.31. The van der Waals surface area contributed by atoms with Gasteiger partial charge in [-0.2, -0.15) is 0 Å². The van der Waals surface area contributed by atoms with Crippen molar-refractivity contribution in [3.63, 3.8) is 0 Å². The second kappa shape index (κ2) is 6.56. The third-order valence-corrected chi connectivity index (χ3v) is 2.72. The van der Waals surface area contributed by atoms with Crippen molar-refractivity contribution < 1.29 is 19.0 Å². The molecule has 7 heteroatoms. The zero-order chi connectivity index (χ0) is 15.2. The molecule has 2 aromatic rings. The van der Waals surface area contributed by atoms with Crippen LogP contribution in [0.1, 0.15) is 10.4 Å². The first-order valence-electron chi connectivity index (χ1n) is 6.08. The number of nitrogens with zero attached hydrogens (tertiary/aromatic N) is 2. The largest absolute Gasteiger partial charge is 0.493 e. The average Bonchev–Trinajstić information content (AvgIpc) is 2.54. The number of ether oxygens (including phenoxy) is 3. The maximum absolute atomic E-state index is 12.3. The summed E-state index contributed by atoms with van der Waals surface area (Å²) in [5.41, 5.74) is 0.804. The van der Waals surface area contributed by atoms with E-state index in [2.05, 4.69) is 15.3 Å². The van der Waals surface area contributed by atoms with Gasteiger partial charge in [-0.05, 0) is 12.1 Å². The Bertz CT molecular complexity index is 629. The minimum absolute atomic E-state index is 0.229. The Morgan fingerprint density at radius 3 is 2.33 bits per heavy atom. The standard InChI is InChI=1S/C14H15N3O4/c1-19-11-6-4-5-10(12(11)20-2)13(18)17-9-7-15-14(21-3)16-8-9/h4-8H,1-3H3,(H,17,18). The van der Waals surface area contributed by atoms with Crippen LogP contribution in [0.3, 0.4) is 0 Å². The summed E-state index contributed by atoms with van der Waals surface area (Å²) in [6.45, 7) is 0. The highest BCUT2D eigenvalue weighted by Gasteiger charge is 2.16. The zero-order valence-corrected chi connectivity index (χ0v) is 11.9. The molecule has 1 aromatic carbocycles. The fourth-order valence-corrected chi connectivity index (χ4v) is 1.75. The first-order valence-corrected chi connectivity index (χ1v) is 6.08. The molecule has 1 heterocycles. The molecule has 0 radical (unpaired) electrons. The lowest BCUT2D eigenvalue weighted by molar-refractivity contribution is 0.102. The number of para-hydroxylation sites is 1. The molecule has 110 valence electrons. The van der Waals surface area contributed by atoms with Crippen molar-refractivity contribution in [2.45, 2.75) is 0 Å². The van der Waals surface area contributed by atoms with Crippen LogP contribution in [-0.2, 0) is 0 Å². The number of amides is 1. The van der Waals surface area contributed by atoms with Gasteiger partial charge in [-0.1, -0.05) is 6.07 Å². The molecule has 0 aliphatic rings. The van der Waals surface area contributed by atoms with Crippen LogP contribution in [0.25, 0.3) is 0 Å². The predicted molar refractivity (Wildman–Crippen MR) is 76.1 cm³/mol. The first kappa shape index (κ1) is 14.6. The summed E-state index contributed by atoms with van der Waals surface area (Å²) >= 11 is 0. The van der Waals surface area contributed by atoms with Crippen LogP contribution in [-0.4, -0.2) is 37.2 Å². The Morgan fingerprint density at radius 1 is 1.05 bits per heavy atom. The normalized spacial score (nSPS) is 9.86. The van der Waals surface area contributed by atoms with Gasteiger partial charge in [0.05, 0.1) is 45.0 Å². The molecule has 0 aliphatic heterocycles. The molecule has 0 bridgehead atoms.